The fourth-order valence-corrected chi connectivity index (χ4v) is 3.47. The van der Waals surface area contributed by atoms with Crippen LogP contribution in [0, 0.1) is 10.8 Å². The molecule has 0 bridgehead atoms. The van der Waals surface area contributed by atoms with Gasteiger partial charge in [0.1, 0.15) is 5.75 Å². The minimum atomic E-state index is -0.260. The monoisotopic (exact) mass is 390 g/mol. The van der Waals surface area contributed by atoms with E-state index in [0.29, 0.717) is 5.82 Å². The predicted molar refractivity (Wildman–Crippen MR) is 120 cm³/mol. The first-order valence-electron chi connectivity index (χ1n) is 9.94. The molecule has 0 saturated heterocycles. The summed E-state index contributed by atoms with van der Waals surface area (Å²) in [5.74, 6) is 1.55. The predicted octanol–water partition coefficient (Wildman–Crippen LogP) is 5.70. The van der Waals surface area contributed by atoms with Crippen molar-refractivity contribution < 1.29 is 9.53 Å². The molecular weight excluding hydrogens is 360 g/mol. The van der Waals surface area contributed by atoms with Crippen LogP contribution in [0.4, 0.5) is 0 Å². The summed E-state index contributed by atoms with van der Waals surface area (Å²) in [5, 5.41) is 0. The fourth-order valence-electron chi connectivity index (χ4n) is 3.47. The highest BCUT2D eigenvalue weighted by Crippen LogP contribution is 2.40. The van der Waals surface area contributed by atoms with E-state index in [4.69, 9.17) is 14.7 Å². The Morgan fingerprint density at radius 2 is 1.48 bits per heavy atom. The summed E-state index contributed by atoms with van der Waals surface area (Å²) >= 11 is 0. The van der Waals surface area contributed by atoms with Crippen molar-refractivity contribution in [3.63, 3.8) is 0 Å². The molecule has 0 unspecified atom stereocenters. The number of hydrogen-bond acceptors (Lipinski definition) is 4. The van der Waals surface area contributed by atoms with Crippen molar-refractivity contribution in [2.45, 2.75) is 48.5 Å². The Hall–Kier alpha value is -2.75. The number of Topliss-reactive ketones (excluding diaryl/α,β-unsaturated/α-hetero) is 1. The molecule has 2 aliphatic rings. The van der Waals surface area contributed by atoms with Crippen molar-refractivity contribution >= 4 is 17.2 Å². The third-order valence-corrected chi connectivity index (χ3v) is 5.14. The standard InChI is InChI=1S/C25H30N2O2/c1-15-21(16-10-9-11-18(12-16)29-8)27-23(26-15)17-13-19(24(2,3)4)22(28)20(14-17)25(5,6)7/h9-14H,1-8H3. The lowest BCUT2D eigenvalue weighted by atomic mass is 9.72. The zero-order chi connectivity index (χ0) is 21.6. The maximum absolute atomic E-state index is 13.2. The Kier molecular flexibility index (Phi) is 5.24. The number of nitrogens with zero attached hydrogens (tertiary/aromatic N) is 2. The zero-order valence-corrected chi connectivity index (χ0v) is 18.7. The lowest BCUT2D eigenvalue weighted by molar-refractivity contribution is -0.114. The van der Waals surface area contributed by atoms with Gasteiger partial charge in [0.05, 0.1) is 18.5 Å². The van der Waals surface area contributed by atoms with Gasteiger partial charge in [0.25, 0.3) is 0 Å². The van der Waals surface area contributed by atoms with E-state index in [1.54, 1.807) is 7.11 Å². The van der Waals surface area contributed by atoms with Gasteiger partial charge in [-0.3, -0.25) is 4.79 Å². The number of hydrogen-bond donors (Lipinski definition) is 0. The highest BCUT2D eigenvalue weighted by molar-refractivity contribution is 6.49. The molecule has 152 valence electrons. The highest BCUT2D eigenvalue weighted by atomic mass is 16.5. The molecule has 0 aromatic heterocycles. The van der Waals surface area contributed by atoms with Crippen molar-refractivity contribution in [3.05, 3.63) is 64.5 Å². The van der Waals surface area contributed by atoms with Crippen LogP contribution in [0.25, 0.3) is 0 Å². The summed E-state index contributed by atoms with van der Waals surface area (Å²) in [7, 11) is 1.65. The first-order chi connectivity index (χ1) is 13.4. The van der Waals surface area contributed by atoms with Crippen LogP contribution >= 0.6 is 0 Å². The average Bonchev–Trinajstić information content (AvgIpc) is 3.01. The molecule has 1 aliphatic carbocycles. The number of rotatable bonds is 2. The normalized spacial score (nSPS) is 17.7. The van der Waals surface area contributed by atoms with Crippen molar-refractivity contribution in [3.8, 4) is 5.75 Å². The van der Waals surface area contributed by atoms with E-state index in [0.717, 1.165) is 39.5 Å². The van der Waals surface area contributed by atoms with Gasteiger partial charge < -0.3 is 4.74 Å². The van der Waals surface area contributed by atoms with E-state index in [2.05, 4.69) is 41.5 Å². The van der Waals surface area contributed by atoms with Crippen LogP contribution in [0.1, 0.15) is 54.0 Å². The smallest absolute Gasteiger partial charge is 0.186 e. The Balaban J connectivity index is 2.18. The highest BCUT2D eigenvalue weighted by Gasteiger charge is 2.35. The average molecular weight is 391 g/mol. The summed E-state index contributed by atoms with van der Waals surface area (Å²) in [6, 6.07) is 7.83. The first kappa shape index (κ1) is 21.0. The third-order valence-electron chi connectivity index (χ3n) is 5.14. The largest absolute Gasteiger partial charge is 0.497 e. The number of allylic oxidation sites excluding steroid dienone is 5. The fraction of sp³-hybridized carbons (Fsp3) is 0.400. The Morgan fingerprint density at radius 1 is 0.897 bits per heavy atom. The summed E-state index contributed by atoms with van der Waals surface area (Å²) in [6.07, 6.45) is 3.92. The van der Waals surface area contributed by atoms with Gasteiger partial charge in [-0.1, -0.05) is 53.7 Å². The number of benzene rings is 1. The summed E-state index contributed by atoms with van der Waals surface area (Å²) in [5.41, 5.74) is 4.61. The maximum Gasteiger partial charge on any atom is 0.186 e. The second-order valence-electron chi connectivity index (χ2n) is 9.61. The van der Waals surface area contributed by atoms with Gasteiger partial charge in [-0.05, 0) is 42.0 Å². The van der Waals surface area contributed by atoms with Crippen LogP contribution < -0.4 is 4.74 Å². The SMILES string of the molecule is COc1cccc(C2=NC(=C3C=C(C(C)(C)C)C(=O)C(C(C)(C)C)=C3)N=C2C)c1. The Morgan fingerprint density at radius 3 is 2.00 bits per heavy atom. The van der Waals surface area contributed by atoms with Crippen molar-refractivity contribution in [2.24, 2.45) is 20.8 Å². The number of aliphatic imine (C=N–C) groups is 2. The molecule has 3 rings (SSSR count). The molecule has 0 radical (unpaired) electrons. The molecule has 1 aromatic rings. The van der Waals surface area contributed by atoms with E-state index in [9.17, 15) is 4.79 Å². The van der Waals surface area contributed by atoms with Gasteiger partial charge in [-0.15, -0.1) is 0 Å². The van der Waals surface area contributed by atoms with Crippen LogP contribution in [0.2, 0.25) is 0 Å². The van der Waals surface area contributed by atoms with Gasteiger partial charge in [0, 0.05) is 22.3 Å². The van der Waals surface area contributed by atoms with E-state index >= 15 is 0 Å². The molecule has 4 nitrogen and oxygen atoms in total. The summed E-state index contributed by atoms with van der Waals surface area (Å²) in [6.45, 7) is 14.4. The van der Waals surface area contributed by atoms with Crippen LogP contribution in [-0.2, 0) is 4.79 Å². The van der Waals surface area contributed by atoms with E-state index < -0.39 is 0 Å². The van der Waals surface area contributed by atoms with Crippen LogP contribution in [-0.4, -0.2) is 24.3 Å². The van der Waals surface area contributed by atoms with Gasteiger partial charge >= 0.3 is 0 Å². The molecule has 1 aromatic carbocycles. The topological polar surface area (TPSA) is 51.0 Å². The van der Waals surface area contributed by atoms with E-state index in [1.807, 2.05) is 43.3 Å². The molecule has 0 spiro atoms. The molecule has 0 atom stereocenters. The zero-order valence-electron chi connectivity index (χ0n) is 18.7. The van der Waals surface area contributed by atoms with E-state index in [1.165, 1.54) is 0 Å². The van der Waals surface area contributed by atoms with Gasteiger partial charge in [-0.2, -0.15) is 0 Å². The molecule has 0 N–H and O–H groups in total. The quantitative estimate of drug-likeness (QED) is 0.650. The van der Waals surface area contributed by atoms with Gasteiger partial charge in [0.15, 0.2) is 11.6 Å². The lowest BCUT2D eigenvalue weighted by Crippen LogP contribution is -2.28. The number of ether oxygens (including phenoxy) is 1. The molecule has 0 amide bonds. The molecule has 1 aliphatic heterocycles. The second kappa shape index (κ2) is 7.25. The molecule has 0 fully saturated rings. The van der Waals surface area contributed by atoms with Gasteiger partial charge in [0.2, 0.25) is 0 Å². The van der Waals surface area contributed by atoms with Crippen molar-refractivity contribution in [1.29, 1.82) is 0 Å². The van der Waals surface area contributed by atoms with Gasteiger partial charge in [-0.25, -0.2) is 9.98 Å². The van der Waals surface area contributed by atoms with Crippen LogP contribution in [0.5, 0.6) is 5.75 Å². The third kappa shape index (κ3) is 4.16. The minimum absolute atomic E-state index is 0.116. The Labute approximate surface area is 173 Å². The second-order valence-corrected chi connectivity index (χ2v) is 9.61. The van der Waals surface area contributed by atoms with Crippen LogP contribution in [0.3, 0.4) is 0 Å². The number of carbonyl (C=O) groups excluding carboxylic acids is 1. The minimum Gasteiger partial charge on any atom is -0.497 e. The maximum atomic E-state index is 13.2. The summed E-state index contributed by atoms with van der Waals surface area (Å²) in [4.78, 5) is 22.7. The molecule has 0 saturated carbocycles. The first-order valence-corrected chi connectivity index (χ1v) is 9.94. The van der Waals surface area contributed by atoms with E-state index in [-0.39, 0.29) is 16.6 Å². The number of carbonyl (C=O) groups is 1. The molecule has 4 heteroatoms. The number of ketones is 1. The molecule has 29 heavy (non-hydrogen) atoms. The van der Waals surface area contributed by atoms with Crippen molar-refractivity contribution in [2.75, 3.05) is 7.11 Å². The number of methoxy groups -OCH3 is 1. The molecular formula is C25H30N2O2. The summed E-state index contributed by atoms with van der Waals surface area (Å²) < 4.78 is 5.34. The molecule has 1 heterocycles. The van der Waals surface area contributed by atoms with Crippen molar-refractivity contribution in [1.82, 2.24) is 0 Å². The Bertz CT molecular complexity index is 984. The van der Waals surface area contributed by atoms with Crippen LogP contribution in [0.15, 0.2) is 68.9 Å². The lowest BCUT2D eigenvalue weighted by Gasteiger charge is -2.31.